The molecule has 70 valence electrons. The van der Waals surface area contributed by atoms with Gasteiger partial charge in [-0.05, 0) is 37.8 Å². The van der Waals surface area contributed by atoms with E-state index in [2.05, 4.69) is 35.1 Å². The Kier molecular flexibility index (Phi) is 2.93. The van der Waals surface area contributed by atoms with Crippen molar-refractivity contribution in [3.63, 3.8) is 0 Å². The van der Waals surface area contributed by atoms with E-state index in [-0.39, 0.29) is 0 Å². The first kappa shape index (κ1) is 9.22. The van der Waals surface area contributed by atoms with E-state index >= 15 is 0 Å². The lowest BCUT2D eigenvalue weighted by Crippen LogP contribution is -2.52. The summed E-state index contributed by atoms with van der Waals surface area (Å²) >= 11 is 4.22. The van der Waals surface area contributed by atoms with Crippen molar-refractivity contribution in [1.82, 2.24) is 5.32 Å². The first-order chi connectivity index (χ1) is 5.87. The molecule has 0 aromatic carbocycles. The standard InChI is InChI=1S/C9H17NS2/c1-11-9(4-2-5-9)8-10-6-3-7-12-8/h8,10H,2-7H2,1H3. The van der Waals surface area contributed by atoms with Crippen LogP contribution in [0.1, 0.15) is 25.7 Å². The molecule has 1 atom stereocenters. The van der Waals surface area contributed by atoms with E-state index in [4.69, 9.17) is 0 Å². The second kappa shape index (κ2) is 3.81. The maximum Gasteiger partial charge on any atom is 0.0680 e. The van der Waals surface area contributed by atoms with Gasteiger partial charge >= 0.3 is 0 Å². The van der Waals surface area contributed by atoms with Crippen LogP contribution in [0.5, 0.6) is 0 Å². The van der Waals surface area contributed by atoms with E-state index in [1.807, 2.05) is 0 Å². The zero-order valence-corrected chi connectivity index (χ0v) is 9.27. The fourth-order valence-electron chi connectivity index (χ4n) is 2.00. The van der Waals surface area contributed by atoms with E-state index in [9.17, 15) is 0 Å². The van der Waals surface area contributed by atoms with Gasteiger partial charge in [0.25, 0.3) is 0 Å². The van der Waals surface area contributed by atoms with Crippen LogP contribution in [-0.4, -0.2) is 28.7 Å². The van der Waals surface area contributed by atoms with Crippen LogP contribution in [-0.2, 0) is 0 Å². The molecule has 3 heteroatoms. The normalized spacial score (nSPS) is 34.2. The van der Waals surface area contributed by atoms with Crippen molar-refractivity contribution in [2.45, 2.75) is 35.8 Å². The van der Waals surface area contributed by atoms with E-state index < -0.39 is 0 Å². The topological polar surface area (TPSA) is 12.0 Å². The van der Waals surface area contributed by atoms with Crippen molar-refractivity contribution < 1.29 is 0 Å². The number of rotatable bonds is 2. The average molecular weight is 203 g/mol. The molecule has 1 N–H and O–H groups in total. The summed E-state index contributed by atoms with van der Waals surface area (Å²) in [6.07, 6.45) is 7.93. The maximum absolute atomic E-state index is 3.65. The van der Waals surface area contributed by atoms with E-state index in [0.717, 1.165) is 5.37 Å². The number of hydrogen-bond donors (Lipinski definition) is 1. The maximum atomic E-state index is 3.65. The molecule has 1 saturated carbocycles. The van der Waals surface area contributed by atoms with Gasteiger partial charge < -0.3 is 5.32 Å². The molecular weight excluding hydrogens is 186 g/mol. The first-order valence-corrected chi connectivity index (χ1v) is 7.05. The highest BCUT2D eigenvalue weighted by atomic mass is 32.2. The van der Waals surface area contributed by atoms with E-state index in [1.165, 1.54) is 38.0 Å². The Morgan fingerprint density at radius 3 is 2.67 bits per heavy atom. The van der Waals surface area contributed by atoms with E-state index in [1.54, 1.807) is 0 Å². The Morgan fingerprint density at radius 2 is 2.25 bits per heavy atom. The predicted octanol–water partition coefficient (Wildman–Crippen LogP) is 2.32. The van der Waals surface area contributed by atoms with Gasteiger partial charge in [0.15, 0.2) is 0 Å². The number of hydrogen-bond acceptors (Lipinski definition) is 3. The summed E-state index contributed by atoms with van der Waals surface area (Å²) in [6.45, 7) is 1.24. The van der Waals surface area contributed by atoms with E-state index in [0.29, 0.717) is 4.75 Å². The second-order valence-corrected chi connectivity index (χ2v) is 6.12. The van der Waals surface area contributed by atoms with Gasteiger partial charge in [-0.1, -0.05) is 6.42 Å². The largest absolute Gasteiger partial charge is 0.304 e. The molecule has 2 rings (SSSR count). The molecule has 12 heavy (non-hydrogen) atoms. The molecule has 1 unspecified atom stereocenters. The van der Waals surface area contributed by atoms with Gasteiger partial charge in [-0.25, -0.2) is 0 Å². The number of thioether (sulfide) groups is 2. The van der Waals surface area contributed by atoms with Crippen LogP contribution in [0.2, 0.25) is 0 Å². The molecule has 2 fully saturated rings. The third kappa shape index (κ3) is 1.51. The Labute approximate surface area is 83.4 Å². The molecule has 1 aliphatic heterocycles. The lowest BCUT2D eigenvalue weighted by molar-refractivity contribution is 0.324. The van der Waals surface area contributed by atoms with Gasteiger partial charge in [0.1, 0.15) is 0 Å². The van der Waals surface area contributed by atoms with Gasteiger partial charge in [0.05, 0.1) is 5.37 Å². The molecule has 0 aromatic rings. The zero-order chi connectivity index (χ0) is 8.44. The van der Waals surface area contributed by atoms with Gasteiger partial charge in [0.2, 0.25) is 0 Å². The summed E-state index contributed by atoms with van der Waals surface area (Å²) in [4.78, 5) is 0. The van der Waals surface area contributed by atoms with Crippen molar-refractivity contribution >= 4 is 23.5 Å². The fourth-order valence-corrected chi connectivity index (χ4v) is 4.81. The average Bonchev–Trinajstić information content (AvgIpc) is 2.05. The molecule has 1 nitrogen and oxygen atoms in total. The van der Waals surface area contributed by atoms with Crippen molar-refractivity contribution in [1.29, 1.82) is 0 Å². The lowest BCUT2D eigenvalue weighted by atomic mass is 9.84. The van der Waals surface area contributed by atoms with Gasteiger partial charge in [0, 0.05) is 4.75 Å². The van der Waals surface area contributed by atoms with Gasteiger partial charge in [-0.3, -0.25) is 0 Å². The van der Waals surface area contributed by atoms with Crippen molar-refractivity contribution in [3.05, 3.63) is 0 Å². The summed E-state index contributed by atoms with van der Waals surface area (Å²) in [5, 5.41) is 4.40. The van der Waals surface area contributed by atoms with Crippen LogP contribution in [0.25, 0.3) is 0 Å². The van der Waals surface area contributed by atoms with Crippen molar-refractivity contribution in [2.24, 2.45) is 0 Å². The Hall–Kier alpha value is 0.660. The number of nitrogens with one attached hydrogen (secondary N) is 1. The van der Waals surface area contributed by atoms with Crippen molar-refractivity contribution in [3.8, 4) is 0 Å². The summed E-state index contributed by atoms with van der Waals surface area (Å²) in [6, 6.07) is 0. The second-order valence-electron chi connectivity index (χ2n) is 3.68. The smallest absolute Gasteiger partial charge is 0.0680 e. The summed E-state index contributed by atoms with van der Waals surface area (Å²) in [5.41, 5.74) is 0. The molecule has 0 radical (unpaired) electrons. The fraction of sp³-hybridized carbons (Fsp3) is 1.00. The molecule has 1 heterocycles. The van der Waals surface area contributed by atoms with Crippen LogP contribution in [0.15, 0.2) is 0 Å². The quantitative estimate of drug-likeness (QED) is 0.740. The molecule has 0 aromatic heterocycles. The van der Waals surface area contributed by atoms with Crippen LogP contribution >= 0.6 is 23.5 Å². The van der Waals surface area contributed by atoms with Gasteiger partial charge in [-0.2, -0.15) is 11.8 Å². The van der Waals surface area contributed by atoms with Crippen LogP contribution in [0.3, 0.4) is 0 Å². The Balaban J connectivity index is 1.95. The Morgan fingerprint density at radius 1 is 1.42 bits per heavy atom. The molecule has 1 saturated heterocycles. The summed E-state index contributed by atoms with van der Waals surface area (Å²) in [5.74, 6) is 1.36. The summed E-state index contributed by atoms with van der Waals surface area (Å²) < 4.78 is 0.602. The highest BCUT2D eigenvalue weighted by molar-refractivity contribution is 8.04. The minimum absolute atomic E-state index is 0.602. The minimum atomic E-state index is 0.602. The highest BCUT2D eigenvalue weighted by Crippen LogP contribution is 2.49. The van der Waals surface area contributed by atoms with Crippen LogP contribution < -0.4 is 5.32 Å². The lowest BCUT2D eigenvalue weighted by Gasteiger charge is -2.47. The molecule has 1 aliphatic carbocycles. The third-order valence-corrected chi connectivity index (χ3v) is 6.10. The van der Waals surface area contributed by atoms with Crippen LogP contribution in [0, 0.1) is 0 Å². The van der Waals surface area contributed by atoms with Crippen molar-refractivity contribution in [2.75, 3.05) is 18.6 Å². The predicted molar refractivity (Wildman–Crippen MR) is 59.0 cm³/mol. The molecule has 0 bridgehead atoms. The SMILES string of the molecule is CSC1(C2NCCCS2)CCC1. The molecule has 0 spiro atoms. The third-order valence-electron chi connectivity index (χ3n) is 3.02. The zero-order valence-electron chi connectivity index (χ0n) is 7.64. The molecule has 0 amide bonds. The molecular formula is C9H17NS2. The highest BCUT2D eigenvalue weighted by Gasteiger charge is 2.44. The first-order valence-electron chi connectivity index (χ1n) is 4.77. The minimum Gasteiger partial charge on any atom is -0.304 e. The Bertz CT molecular complexity index is 145. The summed E-state index contributed by atoms with van der Waals surface area (Å²) in [7, 11) is 0. The van der Waals surface area contributed by atoms with Crippen LogP contribution in [0.4, 0.5) is 0 Å². The van der Waals surface area contributed by atoms with Gasteiger partial charge in [-0.15, -0.1) is 11.8 Å². The molecule has 2 aliphatic rings. The monoisotopic (exact) mass is 203 g/mol.